The van der Waals surface area contributed by atoms with E-state index in [1.54, 1.807) is 12.1 Å². The van der Waals surface area contributed by atoms with E-state index < -0.39 is 18.2 Å². The van der Waals surface area contributed by atoms with Gasteiger partial charge in [-0.1, -0.05) is 114 Å². The monoisotopic (exact) mass is 698 g/mol. The molecule has 3 aromatic carbocycles. The van der Waals surface area contributed by atoms with Crippen LogP contribution < -0.4 is 5.32 Å². The molecule has 0 spiro atoms. The molecule has 7 nitrogen and oxygen atoms in total. The lowest BCUT2D eigenvalue weighted by Crippen LogP contribution is -2.23. The van der Waals surface area contributed by atoms with E-state index in [2.05, 4.69) is 12.2 Å². The van der Waals surface area contributed by atoms with Gasteiger partial charge >= 0.3 is 5.97 Å². The predicted molar refractivity (Wildman–Crippen MR) is 203 cm³/mol. The standard InChI is InChI=1S/C43H55FN2O5/c1-4-5-6-7-8-9-10-17-28-51-38(49)30-37(48)29-36(47)26-27-46-41(31(2)3)40(43(50)45-35-20-15-12-16-21-35)39(32-18-13-11-14-19-32)42(46)33-22-24-34(44)25-23-33/h11-16,18-25,31,36-37,47-48H,4-10,17,26-30H2,1-3H3,(H,45,50)/t36-,37-/m1/s1. The molecular formula is C43H55FN2O5. The number of nitrogens with zero attached hydrogens (tertiary/aromatic N) is 1. The highest BCUT2D eigenvalue weighted by molar-refractivity contribution is 6.12. The fourth-order valence-corrected chi connectivity index (χ4v) is 6.67. The van der Waals surface area contributed by atoms with Crippen molar-refractivity contribution in [2.24, 2.45) is 0 Å². The normalized spacial score (nSPS) is 12.5. The van der Waals surface area contributed by atoms with Crippen molar-refractivity contribution < 1.29 is 28.9 Å². The molecule has 2 atom stereocenters. The topological polar surface area (TPSA) is 101 Å². The lowest BCUT2D eigenvalue weighted by molar-refractivity contribution is -0.146. The number of amides is 1. The molecule has 4 rings (SSSR count). The molecule has 4 aromatic rings. The summed E-state index contributed by atoms with van der Waals surface area (Å²) in [7, 11) is 0. The van der Waals surface area contributed by atoms with Gasteiger partial charge in [0.2, 0.25) is 0 Å². The summed E-state index contributed by atoms with van der Waals surface area (Å²) < 4.78 is 21.6. The first-order valence-electron chi connectivity index (χ1n) is 18.6. The maximum Gasteiger partial charge on any atom is 0.308 e. The van der Waals surface area contributed by atoms with E-state index in [4.69, 9.17) is 4.74 Å². The first kappa shape index (κ1) is 39.5. The molecule has 1 aromatic heterocycles. The summed E-state index contributed by atoms with van der Waals surface area (Å²) in [6, 6.07) is 25.1. The lowest BCUT2D eigenvalue weighted by Gasteiger charge is -2.20. The summed E-state index contributed by atoms with van der Waals surface area (Å²) in [5.74, 6) is -1.21. The molecule has 274 valence electrons. The van der Waals surface area contributed by atoms with E-state index in [0.717, 1.165) is 41.8 Å². The summed E-state index contributed by atoms with van der Waals surface area (Å²) in [6.07, 6.45) is 7.28. The predicted octanol–water partition coefficient (Wildman–Crippen LogP) is 9.91. The van der Waals surface area contributed by atoms with Gasteiger partial charge in [0.05, 0.1) is 36.5 Å². The Morgan fingerprint density at radius 2 is 1.39 bits per heavy atom. The van der Waals surface area contributed by atoms with Gasteiger partial charge in [0.1, 0.15) is 5.82 Å². The number of unbranched alkanes of at least 4 members (excludes halogenated alkanes) is 7. The number of aliphatic hydroxyl groups is 2. The van der Waals surface area contributed by atoms with Crippen molar-refractivity contribution in [1.29, 1.82) is 0 Å². The van der Waals surface area contributed by atoms with Crippen LogP contribution in [0.5, 0.6) is 0 Å². The number of carbonyl (C=O) groups excluding carboxylic acids is 2. The Bertz CT molecular complexity index is 1640. The summed E-state index contributed by atoms with van der Waals surface area (Å²) in [5.41, 5.74) is 4.95. The van der Waals surface area contributed by atoms with Gasteiger partial charge in [-0.05, 0) is 72.7 Å². The molecule has 0 aliphatic rings. The number of halogens is 1. The highest BCUT2D eigenvalue weighted by Crippen LogP contribution is 2.42. The summed E-state index contributed by atoms with van der Waals surface area (Å²) >= 11 is 0. The van der Waals surface area contributed by atoms with Gasteiger partial charge in [-0.2, -0.15) is 0 Å². The zero-order valence-electron chi connectivity index (χ0n) is 30.5. The molecule has 3 N–H and O–H groups in total. The van der Waals surface area contributed by atoms with Gasteiger partial charge in [-0.3, -0.25) is 9.59 Å². The van der Waals surface area contributed by atoms with Crippen LogP contribution in [0, 0.1) is 5.82 Å². The summed E-state index contributed by atoms with van der Waals surface area (Å²) in [5, 5.41) is 24.9. The Morgan fingerprint density at radius 1 is 0.784 bits per heavy atom. The first-order chi connectivity index (χ1) is 24.7. The number of anilines is 1. The number of hydrogen-bond donors (Lipinski definition) is 3. The maximum atomic E-state index is 14.2. The van der Waals surface area contributed by atoms with Gasteiger partial charge < -0.3 is 24.8 Å². The van der Waals surface area contributed by atoms with E-state index in [-0.39, 0.29) is 36.9 Å². The van der Waals surface area contributed by atoms with Crippen LogP contribution in [-0.4, -0.2) is 45.5 Å². The molecule has 0 radical (unpaired) electrons. The molecule has 1 heterocycles. The molecule has 0 aliphatic carbocycles. The number of esters is 1. The minimum absolute atomic E-state index is 0.00388. The SMILES string of the molecule is CCCCCCCCCCOC(=O)C[C@H](O)C[C@H](O)CCn1c(-c2ccc(F)cc2)c(-c2ccccc2)c(C(=O)Nc2ccccc2)c1C(C)C. The average molecular weight is 699 g/mol. The Hall–Kier alpha value is -4.27. The summed E-state index contributed by atoms with van der Waals surface area (Å²) in [6.45, 7) is 6.90. The molecular weight excluding hydrogens is 643 g/mol. The van der Waals surface area contributed by atoms with Crippen molar-refractivity contribution in [3.8, 4) is 22.4 Å². The number of aromatic nitrogens is 1. The highest BCUT2D eigenvalue weighted by Gasteiger charge is 2.31. The van der Waals surface area contributed by atoms with Crippen LogP contribution in [-0.2, 0) is 16.1 Å². The van der Waals surface area contributed by atoms with Crippen LogP contribution in [0.15, 0.2) is 84.9 Å². The van der Waals surface area contributed by atoms with E-state index in [1.807, 2.05) is 79.1 Å². The van der Waals surface area contributed by atoms with Crippen molar-refractivity contribution in [1.82, 2.24) is 4.57 Å². The number of para-hydroxylation sites is 1. The fourth-order valence-electron chi connectivity index (χ4n) is 6.67. The molecule has 0 saturated carbocycles. The van der Waals surface area contributed by atoms with Crippen molar-refractivity contribution in [2.75, 3.05) is 11.9 Å². The number of aliphatic hydroxyl groups excluding tert-OH is 2. The number of rotatable bonds is 21. The largest absolute Gasteiger partial charge is 0.466 e. The van der Waals surface area contributed by atoms with Crippen molar-refractivity contribution in [3.63, 3.8) is 0 Å². The Balaban J connectivity index is 1.52. The van der Waals surface area contributed by atoms with E-state index >= 15 is 0 Å². The second kappa shape index (κ2) is 20.5. The maximum absolute atomic E-state index is 14.2. The van der Waals surface area contributed by atoms with Gasteiger partial charge in [0.25, 0.3) is 5.91 Å². The molecule has 0 unspecified atom stereocenters. The number of ether oxygens (including phenoxy) is 1. The van der Waals surface area contributed by atoms with Crippen molar-refractivity contribution >= 4 is 17.6 Å². The lowest BCUT2D eigenvalue weighted by atomic mass is 9.94. The van der Waals surface area contributed by atoms with Gasteiger partial charge in [-0.25, -0.2) is 4.39 Å². The molecule has 1 amide bonds. The third kappa shape index (κ3) is 11.9. The van der Waals surface area contributed by atoms with Gasteiger partial charge in [0, 0.05) is 23.5 Å². The zero-order chi connectivity index (χ0) is 36.6. The second-order valence-corrected chi connectivity index (χ2v) is 13.7. The van der Waals surface area contributed by atoms with Crippen LogP contribution in [0.2, 0.25) is 0 Å². The van der Waals surface area contributed by atoms with E-state index in [1.165, 1.54) is 44.2 Å². The van der Waals surface area contributed by atoms with Crippen LogP contribution in [0.4, 0.5) is 10.1 Å². The third-order valence-electron chi connectivity index (χ3n) is 9.18. The van der Waals surface area contributed by atoms with Crippen LogP contribution in [0.25, 0.3) is 22.4 Å². The molecule has 8 heteroatoms. The molecule has 0 bridgehead atoms. The molecule has 0 saturated heterocycles. The Morgan fingerprint density at radius 3 is 2.02 bits per heavy atom. The van der Waals surface area contributed by atoms with Crippen LogP contribution >= 0.6 is 0 Å². The number of hydrogen-bond acceptors (Lipinski definition) is 5. The average Bonchev–Trinajstić information content (AvgIpc) is 3.47. The number of carbonyl (C=O) groups is 2. The first-order valence-corrected chi connectivity index (χ1v) is 18.6. The number of nitrogens with one attached hydrogen (secondary N) is 1. The van der Waals surface area contributed by atoms with Crippen molar-refractivity contribution in [2.45, 2.75) is 116 Å². The smallest absolute Gasteiger partial charge is 0.308 e. The van der Waals surface area contributed by atoms with Gasteiger partial charge in [-0.15, -0.1) is 0 Å². The quantitative estimate of drug-likeness (QED) is 0.0594. The van der Waals surface area contributed by atoms with Crippen LogP contribution in [0.1, 0.15) is 113 Å². The van der Waals surface area contributed by atoms with Gasteiger partial charge in [0.15, 0.2) is 0 Å². The minimum atomic E-state index is -1.05. The second-order valence-electron chi connectivity index (χ2n) is 13.7. The third-order valence-corrected chi connectivity index (χ3v) is 9.18. The highest BCUT2D eigenvalue weighted by atomic mass is 19.1. The summed E-state index contributed by atoms with van der Waals surface area (Å²) in [4.78, 5) is 26.6. The minimum Gasteiger partial charge on any atom is -0.466 e. The van der Waals surface area contributed by atoms with E-state index in [9.17, 15) is 24.2 Å². The van der Waals surface area contributed by atoms with Crippen molar-refractivity contribution in [3.05, 3.63) is 102 Å². The van der Waals surface area contributed by atoms with Crippen LogP contribution in [0.3, 0.4) is 0 Å². The molecule has 51 heavy (non-hydrogen) atoms. The van der Waals surface area contributed by atoms with E-state index in [0.29, 0.717) is 30.0 Å². The Kier molecular flexibility index (Phi) is 15.9. The molecule has 0 aliphatic heterocycles. The fraction of sp³-hybridized carbons (Fsp3) is 0.442. The molecule has 0 fully saturated rings. The Labute approximate surface area is 302 Å². The number of benzene rings is 3. The zero-order valence-corrected chi connectivity index (χ0v) is 30.5.